The molecule has 0 aliphatic carbocycles. The molecule has 0 aromatic heterocycles. The minimum Gasteiger partial charge on any atom is -0.494 e. The van der Waals surface area contributed by atoms with Gasteiger partial charge in [0.25, 0.3) is 5.91 Å². The van der Waals surface area contributed by atoms with Crippen LogP contribution in [0.2, 0.25) is 0 Å². The van der Waals surface area contributed by atoms with Crippen molar-refractivity contribution in [2.45, 2.75) is 27.7 Å². The van der Waals surface area contributed by atoms with Crippen molar-refractivity contribution in [1.29, 1.82) is 0 Å². The van der Waals surface area contributed by atoms with E-state index in [-0.39, 0.29) is 17.7 Å². The third kappa shape index (κ3) is 4.59. The van der Waals surface area contributed by atoms with E-state index in [0.717, 1.165) is 11.1 Å². The summed E-state index contributed by atoms with van der Waals surface area (Å²) in [6.07, 6.45) is 0. The number of carbonyl (C=O) groups is 2. The van der Waals surface area contributed by atoms with Crippen LogP contribution in [0.15, 0.2) is 36.4 Å². The first-order chi connectivity index (χ1) is 11.8. The van der Waals surface area contributed by atoms with Crippen LogP contribution in [-0.2, 0) is 4.79 Å². The smallest absolute Gasteiger partial charge is 0.255 e. The summed E-state index contributed by atoms with van der Waals surface area (Å²) in [7, 11) is 1.52. The quantitative estimate of drug-likeness (QED) is 0.859. The first-order valence-corrected chi connectivity index (χ1v) is 8.19. The van der Waals surface area contributed by atoms with Crippen molar-refractivity contribution in [1.82, 2.24) is 0 Å². The molecular formula is C20H24N2O3. The number of ether oxygens (including phenoxy) is 1. The second kappa shape index (κ2) is 7.83. The number of amides is 2. The number of aryl methyl sites for hydroxylation is 2. The van der Waals surface area contributed by atoms with Gasteiger partial charge in [-0.3, -0.25) is 9.59 Å². The van der Waals surface area contributed by atoms with Gasteiger partial charge in [0.15, 0.2) is 0 Å². The van der Waals surface area contributed by atoms with Crippen molar-refractivity contribution in [2.75, 3.05) is 17.7 Å². The van der Waals surface area contributed by atoms with Crippen molar-refractivity contribution in [3.05, 3.63) is 53.1 Å². The van der Waals surface area contributed by atoms with Gasteiger partial charge in [-0.15, -0.1) is 0 Å². The Kier molecular flexibility index (Phi) is 5.80. The van der Waals surface area contributed by atoms with Crippen LogP contribution in [0.5, 0.6) is 5.75 Å². The largest absolute Gasteiger partial charge is 0.494 e. The SMILES string of the molecule is COc1cc(NC(=O)c2ccc(C)c(C)c2)ccc1NC(=O)C(C)C. The van der Waals surface area contributed by atoms with E-state index in [1.807, 2.05) is 39.8 Å². The van der Waals surface area contributed by atoms with Gasteiger partial charge in [0.1, 0.15) is 5.75 Å². The molecule has 0 fully saturated rings. The molecule has 2 N–H and O–H groups in total. The van der Waals surface area contributed by atoms with E-state index in [0.29, 0.717) is 22.7 Å². The minimum atomic E-state index is -0.191. The molecule has 0 heterocycles. The lowest BCUT2D eigenvalue weighted by atomic mass is 10.1. The zero-order chi connectivity index (χ0) is 18.6. The second-order valence-electron chi connectivity index (χ2n) is 6.31. The molecule has 0 aliphatic rings. The Morgan fingerprint density at radius 1 is 0.960 bits per heavy atom. The second-order valence-corrected chi connectivity index (χ2v) is 6.31. The summed E-state index contributed by atoms with van der Waals surface area (Å²) in [5.41, 5.74) is 3.98. The molecule has 2 amide bonds. The van der Waals surface area contributed by atoms with E-state index in [9.17, 15) is 9.59 Å². The summed E-state index contributed by atoms with van der Waals surface area (Å²) in [4.78, 5) is 24.3. The third-order valence-corrected chi connectivity index (χ3v) is 4.01. The maximum atomic E-state index is 12.4. The number of hydrogen-bond donors (Lipinski definition) is 2. The fourth-order valence-electron chi connectivity index (χ4n) is 2.24. The average Bonchev–Trinajstić information content (AvgIpc) is 2.58. The van der Waals surface area contributed by atoms with Crippen LogP contribution in [0, 0.1) is 19.8 Å². The fraction of sp³-hybridized carbons (Fsp3) is 0.300. The van der Waals surface area contributed by atoms with Gasteiger partial charge in [0.05, 0.1) is 12.8 Å². The zero-order valence-electron chi connectivity index (χ0n) is 15.3. The molecule has 0 radical (unpaired) electrons. The Hall–Kier alpha value is -2.82. The highest BCUT2D eigenvalue weighted by molar-refractivity contribution is 6.04. The molecule has 2 aromatic carbocycles. The van der Waals surface area contributed by atoms with Gasteiger partial charge < -0.3 is 15.4 Å². The van der Waals surface area contributed by atoms with Gasteiger partial charge in [-0.2, -0.15) is 0 Å². The summed E-state index contributed by atoms with van der Waals surface area (Å²) < 4.78 is 5.32. The molecule has 0 saturated heterocycles. The maximum Gasteiger partial charge on any atom is 0.255 e. The molecule has 5 nitrogen and oxygen atoms in total. The standard InChI is InChI=1S/C20H24N2O3/c1-12(2)19(23)22-17-9-8-16(11-18(17)25-5)21-20(24)15-7-6-13(3)14(4)10-15/h6-12H,1-5H3,(H,21,24)(H,22,23). The van der Waals surface area contributed by atoms with E-state index in [2.05, 4.69) is 10.6 Å². The summed E-state index contributed by atoms with van der Waals surface area (Å²) in [6, 6.07) is 10.7. The van der Waals surface area contributed by atoms with Gasteiger partial charge >= 0.3 is 0 Å². The monoisotopic (exact) mass is 340 g/mol. The molecular weight excluding hydrogens is 316 g/mol. The molecule has 25 heavy (non-hydrogen) atoms. The van der Waals surface area contributed by atoms with E-state index in [4.69, 9.17) is 4.74 Å². The van der Waals surface area contributed by atoms with Crippen LogP contribution in [0.1, 0.15) is 35.3 Å². The molecule has 0 aliphatic heterocycles. The highest BCUT2D eigenvalue weighted by Gasteiger charge is 2.13. The van der Waals surface area contributed by atoms with E-state index in [1.165, 1.54) is 7.11 Å². The molecule has 0 atom stereocenters. The normalized spacial score (nSPS) is 10.5. The maximum absolute atomic E-state index is 12.4. The van der Waals surface area contributed by atoms with Crippen molar-refractivity contribution >= 4 is 23.2 Å². The van der Waals surface area contributed by atoms with Gasteiger partial charge in [-0.05, 0) is 49.2 Å². The Morgan fingerprint density at radius 2 is 1.68 bits per heavy atom. The van der Waals surface area contributed by atoms with Crippen LogP contribution in [0.25, 0.3) is 0 Å². The molecule has 0 bridgehead atoms. The Labute approximate surface area is 148 Å². The number of carbonyl (C=O) groups excluding carboxylic acids is 2. The van der Waals surface area contributed by atoms with Gasteiger partial charge in [-0.25, -0.2) is 0 Å². The highest BCUT2D eigenvalue weighted by atomic mass is 16.5. The van der Waals surface area contributed by atoms with Crippen LogP contribution < -0.4 is 15.4 Å². The van der Waals surface area contributed by atoms with Crippen molar-refractivity contribution in [3.63, 3.8) is 0 Å². The minimum absolute atomic E-state index is 0.0924. The summed E-state index contributed by atoms with van der Waals surface area (Å²) >= 11 is 0. The highest BCUT2D eigenvalue weighted by Crippen LogP contribution is 2.28. The van der Waals surface area contributed by atoms with Crippen LogP contribution in [0.3, 0.4) is 0 Å². The Bertz CT molecular complexity index is 798. The summed E-state index contributed by atoms with van der Waals surface area (Å²) in [5.74, 6) is 0.0788. The lowest BCUT2D eigenvalue weighted by Gasteiger charge is -2.14. The van der Waals surface area contributed by atoms with Gasteiger partial charge in [0, 0.05) is 23.2 Å². The lowest BCUT2D eigenvalue weighted by molar-refractivity contribution is -0.118. The predicted molar refractivity (Wildman–Crippen MR) is 100 cm³/mol. The number of hydrogen-bond acceptors (Lipinski definition) is 3. The lowest BCUT2D eigenvalue weighted by Crippen LogP contribution is -2.18. The predicted octanol–water partition coefficient (Wildman–Crippen LogP) is 4.16. The van der Waals surface area contributed by atoms with Crippen LogP contribution in [0.4, 0.5) is 11.4 Å². The molecule has 0 unspecified atom stereocenters. The third-order valence-electron chi connectivity index (χ3n) is 4.01. The van der Waals surface area contributed by atoms with E-state index >= 15 is 0 Å². The van der Waals surface area contributed by atoms with Crippen LogP contribution >= 0.6 is 0 Å². The Balaban J connectivity index is 2.18. The summed E-state index contributed by atoms with van der Waals surface area (Å²) in [6.45, 7) is 7.62. The molecule has 132 valence electrons. The molecule has 2 rings (SSSR count). The van der Waals surface area contributed by atoms with Crippen LogP contribution in [-0.4, -0.2) is 18.9 Å². The molecule has 0 spiro atoms. The number of anilines is 2. The molecule has 5 heteroatoms. The number of methoxy groups -OCH3 is 1. The number of nitrogens with one attached hydrogen (secondary N) is 2. The first-order valence-electron chi connectivity index (χ1n) is 8.19. The zero-order valence-corrected chi connectivity index (χ0v) is 15.3. The first kappa shape index (κ1) is 18.5. The average molecular weight is 340 g/mol. The van der Waals surface area contributed by atoms with Gasteiger partial charge in [0.2, 0.25) is 5.91 Å². The Morgan fingerprint density at radius 3 is 2.28 bits per heavy atom. The molecule has 2 aromatic rings. The van der Waals surface area contributed by atoms with Crippen molar-refractivity contribution in [2.24, 2.45) is 5.92 Å². The molecule has 0 saturated carbocycles. The number of rotatable bonds is 5. The van der Waals surface area contributed by atoms with Crippen molar-refractivity contribution < 1.29 is 14.3 Å². The fourth-order valence-corrected chi connectivity index (χ4v) is 2.24. The van der Waals surface area contributed by atoms with E-state index in [1.54, 1.807) is 24.3 Å². The number of benzene rings is 2. The van der Waals surface area contributed by atoms with E-state index < -0.39 is 0 Å². The summed E-state index contributed by atoms with van der Waals surface area (Å²) in [5, 5.41) is 5.66. The topological polar surface area (TPSA) is 67.4 Å². The van der Waals surface area contributed by atoms with Gasteiger partial charge in [-0.1, -0.05) is 19.9 Å². The van der Waals surface area contributed by atoms with Crippen molar-refractivity contribution in [3.8, 4) is 5.75 Å².